The van der Waals surface area contributed by atoms with Crippen molar-refractivity contribution >= 4 is 29.8 Å². The third-order valence-corrected chi connectivity index (χ3v) is 7.79. The molecular weight excluding hydrogens is 664 g/mol. The van der Waals surface area contributed by atoms with Gasteiger partial charge in [-0.05, 0) is 30.6 Å². The van der Waals surface area contributed by atoms with E-state index in [1.54, 1.807) is 6.08 Å². The van der Waals surface area contributed by atoms with Gasteiger partial charge in [0.25, 0.3) is 0 Å². The van der Waals surface area contributed by atoms with Crippen LogP contribution in [0.3, 0.4) is 0 Å². The van der Waals surface area contributed by atoms with Crippen LogP contribution in [0.15, 0.2) is 12.2 Å². The molecule has 0 bridgehead atoms. The molecule has 9 unspecified atom stereocenters. The molecule has 0 aromatic rings. The van der Waals surface area contributed by atoms with Gasteiger partial charge in [0.2, 0.25) is 12.1 Å². The van der Waals surface area contributed by atoms with Crippen LogP contribution < -0.4 is 0 Å². The molecule has 9 atom stereocenters. The van der Waals surface area contributed by atoms with Crippen LogP contribution in [-0.4, -0.2) is 120 Å². The molecule has 2 aliphatic rings. The van der Waals surface area contributed by atoms with Crippen molar-refractivity contribution in [3.8, 4) is 0 Å². The van der Waals surface area contributed by atoms with Crippen LogP contribution in [-0.2, 0) is 61.9 Å². The lowest BCUT2D eigenvalue weighted by Gasteiger charge is -2.46. The normalized spacial score (nSPS) is 29.7. The third kappa shape index (κ3) is 13.2. The molecule has 2 heterocycles. The average Bonchev–Trinajstić information content (AvgIpc) is 3.27. The molecule has 0 aromatic carbocycles. The summed E-state index contributed by atoms with van der Waals surface area (Å²) in [6, 6.07) is 0. The number of rotatable bonds is 18. The van der Waals surface area contributed by atoms with Gasteiger partial charge in [0.1, 0.15) is 44.2 Å². The van der Waals surface area contributed by atoms with Gasteiger partial charge in [-0.15, -0.1) is 0 Å². The summed E-state index contributed by atoms with van der Waals surface area (Å²) in [6.45, 7) is 11.3. The van der Waals surface area contributed by atoms with Crippen molar-refractivity contribution in [2.24, 2.45) is 17.8 Å². The molecule has 0 amide bonds. The first kappa shape index (κ1) is 43.0. The van der Waals surface area contributed by atoms with Gasteiger partial charge in [0, 0.05) is 32.8 Å². The van der Waals surface area contributed by atoms with E-state index in [0.29, 0.717) is 12.8 Å². The van der Waals surface area contributed by atoms with Crippen molar-refractivity contribution in [3.63, 3.8) is 0 Å². The second-order valence-electron chi connectivity index (χ2n) is 13.6. The fraction of sp³-hybridized carbons (Fsp3) is 0.794. The number of hydrogen-bond acceptors (Lipinski definition) is 16. The molecule has 2 rings (SSSR count). The van der Waals surface area contributed by atoms with Gasteiger partial charge in [-0.2, -0.15) is 0 Å². The molecule has 286 valence electrons. The number of hydrogen-bond donors (Lipinski definition) is 3. The van der Waals surface area contributed by atoms with Crippen LogP contribution in [0.1, 0.15) is 81.1 Å². The van der Waals surface area contributed by atoms with Gasteiger partial charge in [-0.3, -0.25) is 19.2 Å². The summed E-state index contributed by atoms with van der Waals surface area (Å²) in [7, 11) is 0. The van der Waals surface area contributed by atoms with Crippen LogP contribution in [0.5, 0.6) is 0 Å². The highest BCUT2D eigenvalue weighted by Gasteiger charge is 2.61. The molecule has 2 saturated heterocycles. The SMILES string of the molecule is CC(=O)OCC1OC(CO)(OC2OC(COC(C)=O)C(OC(=O)CCC(C)C)C(OC(=O)C=CC(C)C)C2OC(=O)CCC(C)C)C(O)C1O. The lowest BCUT2D eigenvalue weighted by molar-refractivity contribution is -0.384. The third-order valence-electron chi connectivity index (χ3n) is 7.79. The second kappa shape index (κ2) is 20.0. The Labute approximate surface area is 292 Å². The molecule has 16 nitrogen and oxygen atoms in total. The minimum absolute atomic E-state index is 0.0313. The quantitative estimate of drug-likeness (QED) is 0.104. The van der Waals surface area contributed by atoms with Crippen LogP contribution in [0.4, 0.5) is 0 Å². The van der Waals surface area contributed by atoms with Crippen LogP contribution in [0.25, 0.3) is 0 Å². The molecule has 16 heteroatoms. The lowest BCUT2D eigenvalue weighted by atomic mass is 9.97. The Kier molecular flexibility index (Phi) is 17.2. The zero-order chi connectivity index (χ0) is 37.8. The van der Waals surface area contributed by atoms with Crippen molar-refractivity contribution < 1.29 is 77.2 Å². The van der Waals surface area contributed by atoms with Crippen LogP contribution in [0, 0.1) is 17.8 Å². The molecule has 0 spiro atoms. The highest BCUT2D eigenvalue weighted by Crippen LogP contribution is 2.38. The topological polar surface area (TPSA) is 220 Å². The highest BCUT2D eigenvalue weighted by atomic mass is 16.8. The van der Waals surface area contributed by atoms with Crippen molar-refractivity contribution in [3.05, 3.63) is 12.2 Å². The number of allylic oxidation sites excluding steroid dienone is 1. The number of ether oxygens (including phenoxy) is 8. The maximum Gasteiger partial charge on any atom is 0.330 e. The number of carbonyl (C=O) groups excluding carboxylic acids is 5. The summed E-state index contributed by atoms with van der Waals surface area (Å²) < 4.78 is 45.3. The molecule has 2 aliphatic heterocycles. The molecule has 0 saturated carbocycles. The van der Waals surface area contributed by atoms with Crippen molar-refractivity contribution in [1.29, 1.82) is 0 Å². The monoisotopic (exact) mass is 718 g/mol. The van der Waals surface area contributed by atoms with Crippen LogP contribution in [0.2, 0.25) is 0 Å². The van der Waals surface area contributed by atoms with Gasteiger partial charge >= 0.3 is 29.8 Å². The number of carbonyl (C=O) groups is 5. The van der Waals surface area contributed by atoms with E-state index in [4.69, 9.17) is 37.9 Å². The maximum atomic E-state index is 13.2. The number of aliphatic hydroxyl groups is 3. The maximum absolute atomic E-state index is 13.2. The summed E-state index contributed by atoms with van der Waals surface area (Å²) in [6.07, 6.45) is -9.83. The lowest BCUT2D eigenvalue weighted by Crippen LogP contribution is -2.65. The zero-order valence-corrected chi connectivity index (χ0v) is 30.1. The van der Waals surface area contributed by atoms with E-state index < -0.39 is 104 Å². The minimum Gasteiger partial charge on any atom is -0.463 e. The van der Waals surface area contributed by atoms with E-state index in [1.807, 2.05) is 41.5 Å². The van der Waals surface area contributed by atoms with E-state index >= 15 is 0 Å². The van der Waals surface area contributed by atoms with E-state index in [1.165, 1.54) is 0 Å². The van der Waals surface area contributed by atoms with Crippen molar-refractivity contribution in [1.82, 2.24) is 0 Å². The van der Waals surface area contributed by atoms with Gasteiger partial charge in [0.15, 0.2) is 18.3 Å². The summed E-state index contributed by atoms with van der Waals surface area (Å²) in [5, 5.41) is 32.2. The van der Waals surface area contributed by atoms with Crippen molar-refractivity contribution in [2.75, 3.05) is 19.8 Å². The highest BCUT2D eigenvalue weighted by molar-refractivity contribution is 5.82. The molecular formula is C34H54O16. The van der Waals surface area contributed by atoms with E-state index in [0.717, 1.165) is 19.9 Å². The largest absolute Gasteiger partial charge is 0.463 e. The average molecular weight is 719 g/mol. The van der Waals surface area contributed by atoms with E-state index in [2.05, 4.69) is 0 Å². The van der Waals surface area contributed by atoms with Crippen LogP contribution >= 0.6 is 0 Å². The van der Waals surface area contributed by atoms with E-state index in [-0.39, 0.29) is 30.6 Å². The number of esters is 5. The first-order chi connectivity index (χ1) is 23.4. The Hall–Kier alpha value is -3.15. The van der Waals surface area contributed by atoms with Gasteiger partial charge in [-0.1, -0.05) is 47.6 Å². The molecule has 0 radical (unpaired) electrons. The molecule has 50 heavy (non-hydrogen) atoms. The fourth-order valence-electron chi connectivity index (χ4n) is 5.04. The summed E-state index contributed by atoms with van der Waals surface area (Å²) in [4.78, 5) is 62.8. The Bertz CT molecular complexity index is 1170. The molecule has 3 N–H and O–H groups in total. The van der Waals surface area contributed by atoms with Gasteiger partial charge in [-0.25, -0.2) is 4.79 Å². The fourth-order valence-corrected chi connectivity index (χ4v) is 5.04. The van der Waals surface area contributed by atoms with E-state index in [9.17, 15) is 39.3 Å². The van der Waals surface area contributed by atoms with Gasteiger partial charge < -0.3 is 53.2 Å². The summed E-state index contributed by atoms with van der Waals surface area (Å²) in [5.74, 6) is -6.12. The minimum atomic E-state index is -2.46. The Morgan fingerprint density at radius 1 is 0.760 bits per heavy atom. The Morgan fingerprint density at radius 2 is 1.28 bits per heavy atom. The summed E-state index contributed by atoms with van der Waals surface area (Å²) >= 11 is 0. The predicted molar refractivity (Wildman–Crippen MR) is 171 cm³/mol. The predicted octanol–water partition coefficient (Wildman–Crippen LogP) is 1.48. The van der Waals surface area contributed by atoms with Gasteiger partial charge in [0.05, 0.1) is 0 Å². The Morgan fingerprint density at radius 3 is 1.76 bits per heavy atom. The molecule has 2 fully saturated rings. The second-order valence-corrected chi connectivity index (χ2v) is 13.6. The number of aliphatic hydroxyl groups excluding tert-OH is 3. The summed E-state index contributed by atoms with van der Waals surface area (Å²) in [5.41, 5.74) is 0. The zero-order valence-electron chi connectivity index (χ0n) is 30.1. The first-order valence-electron chi connectivity index (χ1n) is 16.9. The smallest absolute Gasteiger partial charge is 0.330 e. The first-order valence-corrected chi connectivity index (χ1v) is 16.9. The molecule has 0 aromatic heterocycles. The Balaban J connectivity index is 2.67. The molecule has 0 aliphatic carbocycles. The van der Waals surface area contributed by atoms with Crippen molar-refractivity contribution in [2.45, 2.75) is 136 Å². The standard InChI is InChI=1S/C34H54O16/c1-18(2)9-12-25(38)46-29-24(16-44-22(8)37)45-33(50-34(17-35)32(42)28(41)23(49-34)15-43-21(7)36)31(48-27(40)14-11-20(5)6)30(29)47-26(39)13-10-19(3)4/h10,13,18-20,23-24,28-33,35,41-42H,9,11-12,14-17H2,1-8H3.